The Balaban J connectivity index is 2.83. The molecule has 0 unspecified atom stereocenters. The molecule has 0 aromatic heterocycles. The second-order valence-corrected chi connectivity index (χ2v) is 7.39. The van der Waals surface area contributed by atoms with Crippen LogP contribution in [0.1, 0.15) is 0 Å². The first-order chi connectivity index (χ1) is 8.33. The highest BCUT2D eigenvalue weighted by molar-refractivity contribution is 7.87. The van der Waals surface area contributed by atoms with Gasteiger partial charge >= 0.3 is 7.60 Å². The average Bonchev–Trinajstić information content (AvgIpc) is 2.37. The zero-order valence-electron chi connectivity index (χ0n) is 9.70. The third kappa shape index (κ3) is 4.05. The first-order valence-corrected chi connectivity index (χ1v) is 8.20. The maximum absolute atomic E-state index is 11.7. The monoisotopic (exact) mass is 314 g/mol. The van der Waals surface area contributed by atoms with Crippen molar-refractivity contribution < 1.29 is 26.2 Å². The fourth-order valence-corrected chi connectivity index (χ4v) is 3.15. The van der Waals surface area contributed by atoms with E-state index in [1.165, 1.54) is 24.3 Å². The molecule has 0 fully saturated rings. The standard InChI is InChI=1S/C9H12ClO6PS/c1-14-17(11,15-2)7-16-18(12,13)9-5-3-8(10)4-6-9/h3-6H,7H2,1-2H3. The van der Waals surface area contributed by atoms with E-state index in [4.69, 9.17) is 11.6 Å². The van der Waals surface area contributed by atoms with Gasteiger partial charge in [0.25, 0.3) is 10.1 Å². The Labute approximate surface area is 110 Å². The van der Waals surface area contributed by atoms with Gasteiger partial charge in [0.05, 0.1) is 4.90 Å². The summed E-state index contributed by atoms with van der Waals surface area (Å²) < 4.78 is 48.8. The van der Waals surface area contributed by atoms with E-state index >= 15 is 0 Å². The van der Waals surface area contributed by atoms with E-state index in [2.05, 4.69) is 13.2 Å². The van der Waals surface area contributed by atoms with Gasteiger partial charge < -0.3 is 9.05 Å². The molecule has 1 aromatic carbocycles. The predicted octanol–water partition coefficient (Wildman–Crippen LogP) is 2.49. The van der Waals surface area contributed by atoms with Crippen molar-refractivity contribution in [3.63, 3.8) is 0 Å². The third-order valence-corrected chi connectivity index (χ3v) is 5.29. The molecule has 0 aliphatic heterocycles. The van der Waals surface area contributed by atoms with E-state index in [-0.39, 0.29) is 4.90 Å². The molecule has 102 valence electrons. The van der Waals surface area contributed by atoms with Crippen LogP contribution < -0.4 is 0 Å². The Kier molecular flexibility index (Phi) is 5.33. The Morgan fingerprint density at radius 3 is 2.11 bits per heavy atom. The van der Waals surface area contributed by atoms with Crippen LogP contribution in [0.15, 0.2) is 29.2 Å². The molecule has 0 atom stereocenters. The largest absolute Gasteiger partial charge is 0.357 e. The molecule has 0 radical (unpaired) electrons. The molecule has 18 heavy (non-hydrogen) atoms. The first kappa shape index (κ1) is 15.6. The van der Waals surface area contributed by atoms with Gasteiger partial charge in [-0.2, -0.15) is 8.42 Å². The molecule has 0 heterocycles. The van der Waals surface area contributed by atoms with E-state index in [1.807, 2.05) is 0 Å². The molecule has 0 bridgehead atoms. The van der Waals surface area contributed by atoms with Gasteiger partial charge in [0.1, 0.15) is 0 Å². The Bertz CT molecular complexity index is 533. The van der Waals surface area contributed by atoms with Crippen molar-refractivity contribution in [1.82, 2.24) is 0 Å². The smallest absolute Gasteiger partial charge is 0.310 e. The van der Waals surface area contributed by atoms with Crippen LogP contribution in [-0.4, -0.2) is 29.0 Å². The molecular weight excluding hydrogens is 303 g/mol. The number of hydrogen-bond donors (Lipinski definition) is 0. The van der Waals surface area contributed by atoms with Crippen molar-refractivity contribution in [2.24, 2.45) is 0 Å². The average molecular weight is 315 g/mol. The third-order valence-electron chi connectivity index (χ3n) is 2.02. The summed E-state index contributed by atoms with van der Waals surface area (Å²) in [6.45, 7) is 0. The van der Waals surface area contributed by atoms with Gasteiger partial charge in [-0.25, -0.2) is 0 Å². The van der Waals surface area contributed by atoms with Gasteiger partial charge in [0.2, 0.25) is 0 Å². The van der Waals surface area contributed by atoms with Crippen molar-refractivity contribution in [2.45, 2.75) is 4.90 Å². The highest BCUT2D eigenvalue weighted by Crippen LogP contribution is 2.46. The zero-order valence-corrected chi connectivity index (χ0v) is 12.2. The van der Waals surface area contributed by atoms with Crippen LogP contribution >= 0.6 is 19.2 Å². The molecule has 1 rings (SSSR count). The summed E-state index contributed by atoms with van der Waals surface area (Å²) in [7, 11) is -5.27. The summed E-state index contributed by atoms with van der Waals surface area (Å²) in [5.74, 6) is 0. The second-order valence-electron chi connectivity index (χ2n) is 3.13. The topological polar surface area (TPSA) is 78.9 Å². The SMILES string of the molecule is COP(=O)(COS(=O)(=O)c1ccc(Cl)cc1)OC. The van der Waals surface area contributed by atoms with Crippen LogP contribution in [0.2, 0.25) is 5.02 Å². The van der Waals surface area contributed by atoms with Gasteiger partial charge in [-0.1, -0.05) is 11.6 Å². The van der Waals surface area contributed by atoms with Crippen LogP contribution in [0, 0.1) is 0 Å². The van der Waals surface area contributed by atoms with Crippen molar-refractivity contribution in [3.8, 4) is 0 Å². The summed E-state index contributed by atoms with van der Waals surface area (Å²) in [5, 5.41) is 0.397. The fraction of sp³-hybridized carbons (Fsp3) is 0.333. The van der Waals surface area contributed by atoms with Gasteiger partial charge in [-0.3, -0.25) is 8.75 Å². The fourth-order valence-electron chi connectivity index (χ4n) is 0.983. The lowest BCUT2D eigenvalue weighted by atomic mass is 10.4. The van der Waals surface area contributed by atoms with Crippen molar-refractivity contribution in [3.05, 3.63) is 29.3 Å². The lowest BCUT2D eigenvalue weighted by Gasteiger charge is -2.13. The molecule has 6 nitrogen and oxygen atoms in total. The summed E-state index contributed by atoms with van der Waals surface area (Å²) in [6, 6.07) is 5.37. The lowest BCUT2D eigenvalue weighted by molar-refractivity contribution is 0.242. The number of halogens is 1. The van der Waals surface area contributed by atoms with Crippen LogP contribution in [0.25, 0.3) is 0 Å². The number of rotatable bonds is 6. The second kappa shape index (κ2) is 6.14. The quantitative estimate of drug-likeness (QED) is 0.593. The highest BCUT2D eigenvalue weighted by atomic mass is 35.5. The molecule has 0 N–H and O–H groups in total. The highest BCUT2D eigenvalue weighted by Gasteiger charge is 2.26. The van der Waals surface area contributed by atoms with Gasteiger partial charge in [0.15, 0.2) is 6.35 Å². The number of benzene rings is 1. The minimum atomic E-state index is -4.02. The van der Waals surface area contributed by atoms with E-state index in [0.717, 1.165) is 14.2 Å². The molecule has 0 amide bonds. The maximum Gasteiger partial charge on any atom is 0.357 e. The van der Waals surface area contributed by atoms with Gasteiger partial charge in [-0.15, -0.1) is 0 Å². The van der Waals surface area contributed by atoms with E-state index in [0.29, 0.717) is 5.02 Å². The Morgan fingerprint density at radius 2 is 1.67 bits per heavy atom. The molecule has 1 aromatic rings. The summed E-state index contributed by atoms with van der Waals surface area (Å²) >= 11 is 5.64. The predicted molar refractivity (Wildman–Crippen MR) is 66.2 cm³/mol. The first-order valence-electron chi connectivity index (χ1n) is 4.68. The maximum atomic E-state index is 11.7. The molecule has 9 heteroatoms. The summed E-state index contributed by atoms with van der Waals surface area (Å²) in [5.41, 5.74) is 0. The van der Waals surface area contributed by atoms with E-state index in [1.54, 1.807) is 0 Å². The summed E-state index contributed by atoms with van der Waals surface area (Å²) in [4.78, 5) is -0.0920. The van der Waals surface area contributed by atoms with Crippen molar-refractivity contribution in [1.29, 1.82) is 0 Å². The molecular formula is C9H12ClO6PS. The van der Waals surface area contributed by atoms with Crippen LogP contribution in [0.5, 0.6) is 0 Å². The molecule has 0 spiro atoms. The Morgan fingerprint density at radius 1 is 1.17 bits per heavy atom. The van der Waals surface area contributed by atoms with Crippen LogP contribution in [0.4, 0.5) is 0 Å². The van der Waals surface area contributed by atoms with Crippen LogP contribution in [-0.2, 0) is 27.9 Å². The number of hydrogen-bond acceptors (Lipinski definition) is 6. The minimum Gasteiger partial charge on any atom is -0.310 e. The summed E-state index contributed by atoms with van der Waals surface area (Å²) in [6.07, 6.45) is -0.690. The molecule has 0 saturated carbocycles. The minimum absolute atomic E-state index is 0.0920. The van der Waals surface area contributed by atoms with Crippen molar-refractivity contribution in [2.75, 3.05) is 20.6 Å². The molecule has 0 aliphatic rings. The van der Waals surface area contributed by atoms with Crippen LogP contribution in [0.3, 0.4) is 0 Å². The molecule has 0 aliphatic carbocycles. The van der Waals surface area contributed by atoms with E-state index < -0.39 is 24.1 Å². The van der Waals surface area contributed by atoms with Crippen molar-refractivity contribution >= 4 is 29.3 Å². The van der Waals surface area contributed by atoms with E-state index in [9.17, 15) is 13.0 Å². The van der Waals surface area contributed by atoms with Gasteiger partial charge in [0, 0.05) is 19.2 Å². The Hall–Kier alpha value is -0.430. The lowest BCUT2D eigenvalue weighted by Crippen LogP contribution is -2.09. The van der Waals surface area contributed by atoms with Gasteiger partial charge in [-0.05, 0) is 24.3 Å². The molecule has 0 saturated heterocycles. The zero-order chi connectivity index (χ0) is 13.8. The normalized spacial score (nSPS) is 12.6.